The number of carboxylic acid groups (broad SMARTS) is 1. The van der Waals surface area contributed by atoms with Crippen LogP contribution in [-0.2, 0) is 29.1 Å². The van der Waals surface area contributed by atoms with Gasteiger partial charge in [0.2, 0.25) is 5.43 Å². The largest absolute Gasteiger partial charge is 0.497 e. The van der Waals surface area contributed by atoms with Crippen LogP contribution in [0.5, 0.6) is 5.75 Å². The summed E-state index contributed by atoms with van der Waals surface area (Å²) in [5, 5.41) is 9.64. The number of carboxylic acids is 1. The molecule has 1 aromatic heterocycles. The van der Waals surface area contributed by atoms with Crippen molar-refractivity contribution < 1.29 is 37.7 Å². The first-order chi connectivity index (χ1) is 23.7. The van der Waals surface area contributed by atoms with Crippen molar-refractivity contribution in [1.82, 2.24) is 9.47 Å². The van der Waals surface area contributed by atoms with Crippen molar-refractivity contribution in [3.05, 3.63) is 110 Å². The number of rotatable bonds is 10. The molecule has 3 aromatic carbocycles. The van der Waals surface area contributed by atoms with Crippen molar-refractivity contribution in [2.75, 3.05) is 13.7 Å². The fourth-order valence-corrected chi connectivity index (χ4v) is 6.39. The molecule has 2 heterocycles. The van der Waals surface area contributed by atoms with Gasteiger partial charge in [-0.3, -0.25) is 4.79 Å². The molecule has 0 radical (unpaired) electrons. The monoisotopic (exact) mass is 670 g/mol. The Morgan fingerprint density at radius 2 is 1.73 bits per heavy atom. The lowest BCUT2D eigenvalue weighted by Crippen LogP contribution is -2.36. The number of halogens is 2. The van der Waals surface area contributed by atoms with Crippen molar-refractivity contribution >= 4 is 23.0 Å². The highest BCUT2D eigenvalue weighted by Crippen LogP contribution is 2.40. The number of aromatic carboxylic acids is 1. The summed E-state index contributed by atoms with van der Waals surface area (Å²) in [7, 11) is 1.59. The molecule has 1 aliphatic heterocycles. The number of nitrogens with zero attached hydrogens (tertiary/aromatic N) is 2. The third kappa shape index (κ3) is 7.15. The Balaban J connectivity index is 1.30. The molecule has 2 fully saturated rings. The molecule has 1 saturated carbocycles. The van der Waals surface area contributed by atoms with E-state index >= 15 is 4.39 Å². The van der Waals surface area contributed by atoms with Crippen LogP contribution in [0.25, 0.3) is 10.9 Å². The Morgan fingerprint density at radius 1 is 1.02 bits per heavy atom. The molecule has 2 atom stereocenters. The van der Waals surface area contributed by atoms with Gasteiger partial charge in [0.15, 0.2) is 11.6 Å². The van der Waals surface area contributed by atoms with Crippen molar-refractivity contribution in [3.63, 3.8) is 0 Å². The van der Waals surface area contributed by atoms with E-state index in [-0.39, 0.29) is 60.3 Å². The summed E-state index contributed by atoms with van der Waals surface area (Å²) in [5.74, 6) is 2.51. The van der Waals surface area contributed by atoms with Gasteiger partial charge in [-0.1, -0.05) is 61.2 Å². The number of benzene rings is 3. The maximum atomic E-state index is 15.5. The Hall–Kier alpha value is -5.21. The fraction of sp³-hybridized carbons (Fsp3) is 0.342. The molecule has 6 rings (SSSR count). The van der Waals surface area contributed by atoms with E-state index in [1.54, 1.807) is 23.5 Å². The normalized spacial score (nSPS) is 17.1. The van der Waals surface area contributed by atoms with Gasteiger partial charge in [-0.2, -0.15) is 0 Å². The van der Waals surface area contributed by atoms with Crippen LogP contribution in [-0.4, -0.2) is 52.4 Å². The molecular formula is C38H36F2N2O7. The van der Waals surface area contributed by atoms with E-state index in [1.807, 2.05) is 54.6 Å². The summed E-state index contributed by atoms with van der Waals surface area (Å²) in [4.78, 5) is 40.4. The topological polar surface area (TPSA) is 107 Å². The maximum absolute atomic E-state index is 15.5. The van der Waals surface area contributed by atoms with E-state index in [4.69, 9.17) is 14.2 Å². The Labute approximate surface area is 282 Å². The molecule has 0 spiro atoms. The average molecular weight is 671 g/mol. The lowest BCUT2D eigenvalue weighted by molar-refractivity contribution is 0.0431. The molecular weight excluding hydrogens is 634 g/mol. The summed E-state index contributed by atoms with van der Waals surface area (Å²) in [6.07, 6.45) is 1.23. The molecule has 0 unspecified atom stereocenters. The number of hydrogen-bond acceptors (Lipinski definition) is 6. The SMILES string of the molecule is CCc1c(C(=O)O)c(=O)c2cc(F)c(F)c(C#CC[C@@H]3C[C@@H](OCc4ccc(OC)cc4)CN3C(=O)OCc3ccccc3)c2n1C1CC1. The summed E-state index contributed by atoms with van der Waals surface area (Å²) in [5.41, 5.74) is 0.463. The molecule has 1 saturated heterocycles. The lowest BCUT2D eigenvalue weighted by Gasteiger charge is -2.22. The summed E-state index contributed by atoms with van der Waals surface area (Å²) in [6, 6.07) is 16.9. The first kappa shape index (κ1) is 33.7. The number of methoxy groups -OCH3 is 1. The smallest absolute Gasteiger partial charge is 0.410 e. The molecule has 0 bridgehead atoms. The van der Waals surface area contributed by atoms with E-state index in [2.05, 4.69) is 11.8 Å². The van der Waals surface area contributed by atoms with E-state index in [9.17, 15) is 23.9 Å². The van der Waals surface area contributed by atoms with Gasteiger partial charge in [-0.25, -0.2) is 18.4 Å². The zero-order valence-corrected chi connectivity index (χ0v) is 27.2. The van der Waals surface area contributed by atoms with E-state index in [0.717, 1.165) is 22.9 Å². The second kappa shape index (κ2) is 14.5. The number of carbonyl (C=O) groups excluding carboxylic acids is 1. The summed E-state index contributed by atoms with van der Waals surface area (Å²) >= 11 is 0. The zero-order chi connectivity index (χ0) is 34.7. The van der Waals surface area contributed by atoms with E-state index in [1.165, 1.54) is 0 Å². The minimum atomic E-state index is -1.42. The van der Waals surface area contributed by atoms with Gasteiger partial charge < -0.3 is 28.8 Å². The van der Waals surface area contributed by atoms with Crippen molar-refractivity contribution in [2.24, 2.45) is 0 Å². The molecule has 11 heteroatoms. The number of likely N-dealkylation sites (tertiary alicyclic amines) is 1. The molecule has 2 aliphatic rings. The third-order valence-electron chi connectivity index (χ3n) is 8.96. The van der Waals surface area contributed by atoms with Crippen LogP contribution >= 0.6 is 0 Å². The highest BCUT2D eigenvalue weighted by molar-refractivity contribution is 5.96. The van der Waals surface area contributed by atoms with Crippen LogP contribution in [0.3, 0.4) is 0 Å². The van der Waals surface area contributed by atoms with Crippen LogP contribution < -0.4 is 10.2 Å². The number of pyridine rings is 1. The van der Waals surface area contributed by atoms with Crippen molar-refractivity contribution in [3.8, 4) is 17.6 Å². The van der Waals surface area contributed by atoms with Gasteiger partial charge in [-0.15, -0.1) is 0 Å². The van der Waals surface area contributed by atoms with Gasteiger partial charge in [-0.05, 0) is 55.0 Å². The van der Waals surface area contributed by atoms with Crippen LogP contribution in [0.1, 0.15) is 71.4 Å². The summed E-state index contributed by atoms with van der Waals surface area (Å²) < 4.78 is 49.2. The quantitative estimate of drug-likeness (QED) is 0.189. The number of carbonyl (C=O) groups is 2. The average Bonchev–Trinajstić information content (AvgIpc) is 3.87. The second-order valence-corrected chi connectivity index (χ2v) is 12.2. The first-order valence-electron chi connectivity index (χ1n) is 16.2. The van der Waals surface area contributed by atoms with Crippen LogP contribution in [0.15, 0.2) is 65.5 Å². The first-order valence-corrected chi connectivity index (χ1v) is 16.2. The third-order valence-corrected chi connectivity index (χ3v) is 8.96. The Kier molecular flexibility index (Phi) is 9.97. The Morgan fingerprint density at radius 3 is 2.39 bits per heavy atom. The van der Waals surface area contributed by atoms with E-state index in [0.29, 0.717) is 25.9 Å². The van der Waals surface area contributed by atoms with Gasteiger partial charge in [0.05, 0.1) is 42.8 Å². The minimum absolute atomic E-state index is 0.0726. The van der Waals surface area contributed by atoms with Crippen LogP contribution in [0, 0.1) is 23.5 Å². The lowest BCUT2D eigenvalue weighted by atomic mass is 10.0. The molecule has 1 amide bonds. The maximum Gasteiger partial charge on any atom is 0.410 e. The Bertz CT molecular complexity index is 2000. The van der Waals surface area contributed by atoms with Crippen LogP contribution in [0.4, 0.5) is 13.6 Å². The predicted molar refractivity (Wildman–Crippen MR) is 178 cm³/mol. The van der Waals surface area contributed by atoms with Gasteiger partial charge in [0, 0.05) is 24.2 Å². The number of hydrogen-bond donors (Lipinski definition) is 1. The minimum Gasteiger partial charge on any atom is -0.497 e. The fourth-order valence-electron chi connectivity index (χ4n) is 6.39. The van der Waals surface area contributed by atoms with Crippen LogP contribution in [0.2, 0.25) is 0 Å². The highest BCUT2D eigenvalue weighted by atomic mass is 19.2. The number of fused-ring (bicyclic) bond motifs is 1. The molecule has 1 aliphatic carbocycles. The molecule has 4 aromatic rings. The molecule has 49 heavy (non-hydrogen) atoms. The van der Waals surface area contributed by atoms with Gasteiger partial charge in [0.1, 0.15) is 17.9 Å². The number of aromatic nitrogens is 1. The molecule has 1 N–H and O–H groups in total. The second-order valence-electron chi connectivity index (χ2n) is 12.2. The zero-order valence-electron chi connectivity index (χ0n) is 27.2. The van der Waals surface area contributed by atoms with Gasteiger partial charge >= 0.3 is 12.1 Å². The number of ether oxygens (including phenoxy) is 3. The number of amides is 1. The highest BCUT2D eigenvalue weighted by Gasteiger charge is 2.37. The van der Waals surface area contributed by atoms with Gasteiger partial charge in [0.25, 0.3) is 0 Å². The molecule has 254 valence electrons. The van der Waals surface area contributed by atoms with Crippen molar-refractivity contribution in [1.29, 1.82) is 0 Å². The van der Waals surface area contributed by atoms with E-state index < -0.39 is 40.7 Å². The van der Waals surface area contributed by atoms with Crippen molar-refractivity contribution in [2.45, 2.75) is 70.4 Å². The standard InChI is InChI=1S/C38H36F2N2O7/c1-3-32-33(37(44)45)36(43)30-19-31(39)34(40)29(35(30)42(32)25-14-15-25)11-7-10-26-18-28(48-21-24-12-16-27(47-2)17-13-24)20-41(26)38(46)49-22-23-8-5-4-6-9-23/h4-6,8-9,12-13,16-17,19,25-26,28H,3,10,14-15,18,20-22H2,1-2H3,(H,44,45)/t26-,28-/m1/s1. The predicted octanol–water partition coefficient (Wildman–Crippen LogP) is 6.62. The molecule has 9 nitrogen and oxygen atoms in total. The summed E-state index contributed by atoms with van der Waals surface area (Å²) in [6.45, 7) is 2.34.